The molecule has 1 aromatic heterocycles. The van der Waals surface area contributed by atoms with Gasteiger partial charge in [-0.15, -0.1) is 0 Å². The molecule has 16 heavy (non-hydrogen) atoms. The van der Waals surface area contributed by atoms with E-state index in [2.05, 4.69) is 35.9 Å². The van der Waals surface area contributed by atoms with Gasteiger partial charge >= 0.3 is 0 Å². The zero-order valence-corrected chi connectivity index (χ0v) is 10.2. The van der Waals surface area contributed by atoms with Crippen LogP contribution in [0.2, 0.25) is 0 Å². The molecule has 0 unspecified atom stereocenters. The monoisotopic (exact) mass is 216 g/mol. The van der Waals surface area contributed by atoms with Crippen LogP contribution >= 0.6 is 0 Å². The lowest BCUT2D eigenvalue weighted by molar-refractivity contribution is 0.187. The summed E-state index contributed by atoms with van der Waals surface area (Å²) in [5, 5.41) is 0. The molecule has 1 aromatic rings. The highest BCUT2D eigenvalue weighted by Gasteiger charge is 2.46. The molecule has 1 fully saturated rings. The Labute approximate surface area is 97.7 Å². The van der Waals surface area contributed by atoms with E-state index < -0.39 is 0 Å². The van der Waals surface area contributed by atoms with Gasteiger partial charge in [-0.1, -0.05) is 19.9 Å². The summed E-state index contributed by atoms with van der Waals surface area (Å²) in [4.78, 5) is 7.04. The Balaban J connectivity index is 1.69. The number of nitrogens with zero attached hydrogens (tertiary/aromatic N) is 2. The second-order valence-corrected chi connectivity index (χ2v) is 5.77. The third-order valence-corrected chi connectivity index (χ3v) is 4.41. The lowest BCUT2D eigenvalue weighted by Gasteiger charge is -2.25. The average molecular weight is 216 g/mol. The summed E-state index contributed by atoms with van der Waals surface area (Å²) in [6, 6.07) is 4.27. The van der Waals surface area contributed by atoms with Crippen LogP contribution in [0.15, 0.2) is 18.3 Å². The van der Waals surface area contributed by atoms with Gasteiger partial charge in [0, 0.05) is 25.8 Å². The van der Waals surface area contributed by atoms with Crippen molar-refractivity contribution in [2.24, 2.45) is 11.3 Å². The number of aromatic nitrogens is 1. The van der Waals surface area contributed by atoms with Crippen LogP contribution in [0.1, 0.15) is 37.9 Å². The summed E-state index contributed by atoms with van der Waals surface area (Å²) in [6.45, 7) is 8.17. The molecule has 2 heteroatoms. The van der Waals surface area contributed by atoms with Crippen molar-refractivity contribution in [3.63, 3.8) is 0 Å². The van der Waals surface area contributed by atoms with Gasteiger partial charge < -0.3 is 0 Å². The predicted molar refractivity (Wildman–Crippen MR) is 64.9 cm³/mol. The molecule has 3 rings (SSSR count). The standard InChI is InChI=1S/C14H20N2/c1-11(2)14(5-6-14)10-16-8-12-4-3-7-15-13(12)9-16/h3-4,7,11H,5-6,8-10H2,1-2H3. The summed E-state index contributed by atoms with van der Waals surface area (Å²) in [7, 11) is 0. The topological polar surface area (TPSA) is 16.1 Å². The molecule has 0 aromatic carbocycles. The van der Waals surface area contributed by atoms with Crippen molar-refractivity contribution >= 4 is 0 Å². The molecule has 0 amide bonds. The van der Waals surface area contributed by atoms with Gasteiger partial charge in [0.15, 0.2) is 0 Å². The smallest absolute Gasteiger partial charge is 0.0589 e. The van der Waals surface area contributed by atoms with E-state index in [1.165, 1.54) is 30.6 Å². The second kappa shape index (κ2) is 3.56. The van der Waals surface area contributed by atoms with Gasteiger partial charge in [0.2, 0.25) is 0 Å². The molecule has 0 N–H and O–H groups in total. The molecule has 1 aliphatic heterocycles. The Morgan fingerprint density at radius 3 is 2.81 bits per heavy atom. The molecular formula is C14H20N2. The largest absolute Gasteiger partial charge is 0.293 e. The molecule has 2 nitrogen and oxygen atoms in total. The van der Waals surface area contributed by atoms with E-state index in [9.17, 15) is 0 Å². The van der Waals surface area contributed by atoms with E-state index in [-0.39, 0.29) is 0 Å². The first kappa shape index (κ1) is 10.3. The van der Waals surface area contributed by atoms with E-state index in [1.807, 2.05) is 6.20 Å². The van der Waals surface area contributed by atoms with Gasteiger partial charge in [0.05, 0.1) is 5.69 Å². The van der Waals surface area contributed by atoms with Crippen LogP contribution in [0.3, 0.4) is 0 Å². The second-order valence-electron chi connectivity index (χ2n) is 5.77. The third kappa shape index (κ3) is 1.65. The van der Waals surface area contributed by atoms with Crippen LogP contribution in [0.5, 0.6) is 0 Å². The summed E-state index contributed by atoms with van der Waals surface area (Å²) in [5.41, 5.74) is 3.35. The van der Waals surface area contributed by atoms with E-state index >= 15 is 0 Å². The fourth-order valence-corrected chi connectivity index (χ4v) is 2.90. The fourth-order valence-electron chi connectivity index (χ4n) is 2.90. The molecular weight excluding hydrogens is 196 g/mol. The normalized spacial score (nSPS) is 22.4. The summed E-state index contributed by atoms with van der Waals surface area (Å²) < 4.78 is 0. The maximum absolute atomic E-state index is 4.46. The molecule has 0 radical (unpaired) electrons. The Morgan fingerprint density at radius 2 is 2.19 bits per heavy atom. The van der Waals surface area contributed by atoms with Gasteiger partial charge in [-0.05, 0) is 35.8 Å². The predicted octanol–water partition coefficient (Wildman–Crippen LogP) is 2.83. The molecule has 1 saturated carbocycles. The van der Waals surface area contributed by atoms with Crippen molar-refractivity contribution in [2.45, 2.75) is 39.8 Å². The average Bonchev–Trinajstić information content (AvgIpc) is 2.92. The lowest BCUT2D eigenvalue weighted by Crippen LogP contribution is -2.28. The number of pyridine rings is 1. The van der Waals surface area contributed by atoms with Crippen molar-refractivity contribution in [3.8, 4) is 0 Å². The van der Waals surface area contributed by atoms with E-state index in [1.54, 1.807) is 0 Å². The summed E-state index contributed by atoms with van der Waals surface area (Å²) in [6.07, 6.45) is 4.76. The zero-order chi connectivity index (χ0) is 11.2. The Kier molecular flexibility index (Phi) is 2.28. The minimum Gasteiger partial charge on any atom is -0.293 e. The third-order valence-electron chi connectivity index (χ3n) is 4.41. The van der Waals surface area contributed by atoms with E-state index in [4.69, 9.17) is 0 Å². The Hall–Kier alpha value is -0.890. The maximum Gasteiger partial charge on any atom is 0.0589 e. The number of fused-ring (bicyclic) bond motifs is 1. The van der Waals surface area contributed by atoms with Crippen molar-refractivity contribution in [3.05, 3.63) is 29.6 Å². The first-order valence-electron chi connectivity index (χ1n) is 6.35. The van der Waals surface area contributed by atoms with Crippen LogP contribution in [0.25, 0.3) is 0 Å². The summed E-state index contributed by atoms with van der Waals surface area (Å²) >= 11 is 0. The highest BCUT2D eigenvalue weighted by atomic mass is 15.2. The van der Waals surface area contributed by atoms with Crippen molar-refractivity contribution in [1.29, 1.82) is 0 Å². The van der Waals surface area contributed by atoms with Gasteiger partial charge in [-0.3, -0.25) is 9.88 Å². The van der Waals surface area contributed by atoms with Crippen LogP contribution in [-0.4, -0.2) is 16.4 Å². The van der Waals surface area contributed by atoms with Gasteiger partial charge in [-0.25, -0.2) is 0 Å². The maximum atomic E-state index is 4.46. The highest BCUT2D eigenvalue weighted by Crippen LogP contribution is 2.52. The van der Waals surface area contributed by atoms with E-state index in [0.29, 0.717) is 5.41 Å². The first-order valence-corrected chi connectivity index (χ1v) is 6.35. The first-order chi connectivity index (χ1) is 7.70. The van der Waals surface area contributed by atoms with Crippen LogP contribution in [0.4, 0.5) is 0 Å². The lowest BCUT2D eigenvalue weighted by atomic mass is 9.92. The van der Waals surface area contributed by atoms with Gasteiger partial charge in [0.25, 0.3) is 0 Å². The molecule has 1 aliphatic carbocycles. The quantitative estimate of drug-likeness (QED) is 0.772. The SMILES string of the molecule is CC(C)C1(CN2Cc3cccnc3C2)CC1. The minimum absolute atomic E-state index is 0.627. The zero-order valence-electron chi connectivity index (χ0n) is 10.2. The minimum atomic E-state index is 0.627. The number of hydrogen-bond acceptors (Lipinski definition) is 2. The highest BCUT2D eigenvalue weighted by molar-refractivity contribution is 5.23. The Bertz CT molecular complexity index is 368. The van der Waals surface area contributed by atoms with Crippen molar-refractivity contribution in [2.75, 3.05) is 6.54 Å². The van der Waals surface area contributed by atoms with Crippen molar-refractivity contribution in [1.82, 2.24) is 9.88 Å². The van der Waals surface area contributed by atoms with Crippen LogP contribution < -0.4 is 0 Å². The van der Waals surface area contributed by atoms with Gasteiger partial charge in [0.1, 0.15) is 0 Å². The molecule has 2 aliphatic rings. The number of rotatable bonds is 3. The molecule has 0 atom stereocenters. The Morgan fingerprint density at radius 1 is 1.38 bits per heavy atom. The van der Waals surface area contributed by atoms with E-state index in [0.717, 1.165) is 19.0 Å². The summed E-state index contributed by atoms with van der Waals surface area (Å²) in [5.74, 6) is 0.823. The molecule has 0 spiro atoms. The molecule has 0 bridgehead atoms. The number of hydrogen-bond donors (Lipinski definition) is 0. The van der Waals surface area contributed by atoms with Crippen molar-refractivity contribution < 1.29 is 0 Å². The van der Waals surface area contributed by atoms with Crippen LogP contribution in [-0.2, 0) is 13.1 Å². The molecule has 2 heterocycles. The molecule has 0 saturated heterocycles. The molecule has 86 valence electrons. The van der Waals surface area contributed by atoms with Gasteiger partial charge in [-0.2, -0.15) is 0 Å². The van der Waals surface area contributed by atoms with Crippen LogP contribution in [0, 0.1) is 11.3 Å². The fraction of sp³-hybridized carbons (Fsp3) is 0.643.